The Balaban J connectivity index is 2.30. The van der Waals surface area contributed by atoms with Crippen LogP contribution >= 0.6 is 0 Å². The molecule has 1 fully saturated rings. The monoisotopic (exact) mass is 272 g/mol. The van der Waals surface area contributed by atoms with E-state index in [-0.39, 0.29) is 26.2 Å². The van der Waals surface area contributed by atoms with E-state index in [2.05, 4.69) is 4.99 Å². The van der Waals surface area contributed by atoms with Crippen molar-refractivity contribution in [3.8, 4) is 0 Å². The Kier molecular flexibility index (Phi) is 3.98. The fourth-order valence-electron chi connectivity index (χ4n) is 2.11. The van der Waals surface area contributed by atoms with E-state index in [1.807, 2.05) is 0 Å². The second-order valence-corrected chi connectivity index (χ2v) is 4.03. The van der Waals surface area contributed by atoms with Crippen LogP contribution in [-0.4, -0.2) is 80.3 Å². The van der Waals surface area contributed by atoms with Gasteiger partial charge in [-0.2, -0.15) is 4.99 Å². The van der Waals surface area contributed by atoms with Crippen molar-refractivity contribution in [2.45, 2.75) is 6.17 Å². The minimum atomic E-state index is -0.602. The quantitative estimate of drug-likeness (QED) is 0.662. The minimum Gasteiger partial charge on any atom is -0.364 e. The predicted octanol–water partition coefficient (Wildman–Crippen LogP) is -0.304. The largest absolute Gasteiger partial charge is 0.364 e. The zero-order chi connectivity index (χ0) is 14.0. The molecule has 0 saturated carbocycles. The lowest BCUT2D eigenvalue weighted by Crippen LogP contribution is -2.48. The number of carbonyl (C=O) groups excluding carboxylic acids is 2. The second kappa shape index (κ2) is 5.51. The molecule has 1 atom stereocenters. The number of aliphatic imine (C=N–C) groups is 1. The van der Waals surface area contributed by atoms with Gasteiger partial charge in [0.15, 0.2) is 12.0 Å². The van der Waals surface area contributed by atoms with E-state index in [0.29, 0.717) is 5.84 Å². The standard InChI is InChI=1S/C10H16N4O5/c1-17-4-12-7-8(14(6-19-3)10(12)16)13(5-18-2)9(15)11-7/h8H,4-6H2,1-3H3. The van der Waals surface area contributed by atoms with Crippen molar-refractivity contribution in [2.75, 3.05) is 41.5 Å². The summed E-state index contributed by atoms with van der Waals surface area (Å²) in [6.07, 6.45) is -0.602. The number of ether oxygens (including phenoxy) is 3. The van der Waals surface area contributed by atoms with E-state index < -0.39 is 12.2 Å². The van der Waals surface area contributed by atoms with Crippen LogP contribution in [0.15, 0.2) is 4.99 Å². The van der Waals surface area contributed by atoms with Gasteiger partial charge in [0.2, 0.25) is 0 Å². The van der Waals surface area contributed by atoms with Crippen LogP contribution in [0.1, 0.15) is 0 Å². The molecule has 2 heterocycles. The lowest BCUT2D eigenvalue weighted by Gasteiger charge is -2.27. The maximum atomic E-state index is 12.2. The number of carbonyl (C=O) groups is 2. The predicted molar refractivity (Wildman–Crippen MR) is 63.2 cm³/mol. The van der Waals surface area contributed by atoms with Gasteiger partial charge in [-0.3, -0.25) is 14.7 Å². The summed E-state index contributed by atoms with van der Waals surface area (Å²) in [6, 6.07) is -0.766. The third-order valence-electron chi connectivity index (χ3n) is 2.82. The highest BCUT2D eigenvalue weighted by Crippen LogP contribution is 2.27. The Bertz CT molecular complexity index is 413. The zero-order valence-corrected chi connectivity index (χ0v) is 11.0. The smallest absolute Gasteiger partial charge is 0.349 e. The van der Waals surface area contributed by atoms with Crippen LogP contribution < -0.4 is 0 Å². The van der Waals surface area contributed by atoms with Crippen LogP contribution in [0.25, 0.3) is 0 Å². The topological polar surface area (TPSA) is 83.9 Å². The van der Waals surface area contributed by atoms with Gasteiger partial charge in [-0.1, -0.05) is 0 Å². The first-order chi connectivity index (χ1) is 9.15. The van der Waals surface area contributed by atoms with Gasteiger partial charge in [0.1, 0.15) is 20.2 Å². The molecule has 1 unspecified atom stereocenters. The Morgan fingerprint density at radius 1 is 1.00 bits per heavy atom. The third-order valence-corrected chi connectivity index (χ3v) is 2.82. The molecule has 0 bridgehead atoms. The number of hydrogen-bond acceptors (Lipinski definition) is 5. The Morgan fingerprint density at radius 3 is 2.16 bits per heavy atom. The third kappa shape index (κ3) is 2.15. The highest BCUT2D eigenvalue weighted by molar-refractivity contribution is 6.14. The van der Waals surface area contributed by atoms with Crippen LogP contribution in [0.2, 0.25) is 0 Å². The molecular weight excluding hydrogens is 256 g/mol. The number of hydrogen-bond donors (Lipinski definition) is 0. The number of amides is 4. The summed E-state index contributed by atoms with van der Waals surface area (Å²) in [4.78, 5) is 31.9. The Hall–Kier alpha value is -1.71. The molecule has 2 aliphatic heterocycles. The molecule has 19 heavy (non-hydrogen) atoms. The molecule has 0 aromatic rings. The molecule has 0 radical (unpaired) electrons. The Morgan fingerprint density at radius 2 is 1.58 bits per heavy atom. The zero-order valence-electron chi connectivity index (χ0n) is 11.0. The van der Waals surface area contributed by atoms with E-state index in [9.17, 15) is 9.59 Å². The van der Waals surface area contributed by atoms with E-state index in [1.165, 1.54) is 36.0 Å². The number of methoxy groups -OCH3 is 3. The molecule has 0 aromatic carbocycles. The fraction of sp³-hybridized carbons (Fsp3) is 0.700. The van der Waals surface area contributed by atoms with Gasteiger partial charge in [0, 0.05) is 21.3 Å². The number of nitrogens with zero attached hydrogens (tertiary/aromatic N) is 4. The molecule has 106 valence electrons. The minimum absolute atomic E-state index is 0.0302. The van der Waals surface area contributed by atoms with Crippen molar-refractivity contribution in [1.82, 2.24) is 14.7 Å². The van der Waals surface area contributed by atoms with E-state index in [0.717, 1.165) is 0 Å². The molecule has 9 nitrogen and oxygen atoms in total. The van der Waals surface area contributed by atoms with Gasteiger partial charge in [-0.05, 0) is 0 Å². The van der Waals surface area contributed by atoms with Crippen LogP contribution in [0.3, 0.4) is 0 Å². The molecule has 0 aromatic heterocycles. The van der Waals surface area contributed by atoms with Gasteiger partial charge in [0.25, 0.3) is 0 Å². The van der Waals surface area contributed by atoms with Gasteiger partial charge in [-0.25, -0.2) is 9.59 Å². The van der Waals surface area contributed by atoms with Crippen molar-refractivity contribution in [3.63, 3.8) is 0 Å². The maximum absolute atomic E-state index is 12.2. The molecule has 2 aliphatic rings. The number of fused-ring (bicyclic) bond motifs is 1. The molecule has 9 heteroatoms. The molecule has 1 saturated heterocycles. The van der Waals surface area contributed by atoms with Gasteiger partial charge in [-0.15, -0.1) is 0 Å². The summed E-state index contributed by atoms with van der Waals surface area (Å²) in [5, 5.41) is 0. The molecule has 0 spiro atoms. The molecule has 2 rings (SSSR count). The van der Waals surface area contributed by atoms with E-state index >= 15 is 0 Å². The average Bonchev–Trinajstić information content (AvgIpc) is 2.81. The van der Waals surface area contributed by atoms with Crippen molar-refractivity contribution in [3.05, 3.63) is 0 Å². The van der Waals surface area contributed by atoms with Crippen LogP contribution in [0.4, 0.5) is 9.59 Å². The Labute approximate surface area is 110 Å². The first-order valence-corrected chi connectivity index (χ1v) is 5.59. The maximum Gasteiger partial charge on any atom is 0.349 e. The lowest BCUT2D eigenvalue weighted by molar-refractivity contribution is 0.00995. The number of rotatable bonds is 6. The summed E-state index contributed by atoms with van der Waals surface area (Å²) < 4.78 is 14.9. The lowest BCUT2D eigenvalue weighted by atomic mass is 10.4. The summed E-state index contributed by atoms with van der Waals surface area (Å²) in [7, 11) is 4.40. The van der Waals surface area contributed by atoms with E-state index in [4.69, 9.17) is 14.2 Å². The average molecular weight is 272 g/mol. The first kappa shape index (κ1) is 13.7. The fourth-order valence-corrected chi connectivity index (χ4v) is 2.11. The highest BCUT2D eigenvalue weighted by Gasteiger charge is 2.51. The molecule has 0 N–H and O–H groups in total. The van der Waals surface area contributed by atoms with Crippen LogP contribution in [0.5, 0.6) is 0 Å². The first-order valence-electron chi connectivity index (χ1n) is 5.59. The van der Waals surface area contributed by atoms with Crippen LogP contribution in [0, 0.1) is 0 Å². The highest BCUT2D eigenvalue weighted by atomic mass is 16.5. The van der Waals surface area contributed by atoms with Gasteiger partial charge < -0.3 is 14.2 Å². The van der Waals surface area contributed by atoms with Crippen LogP contribution in [-0.2, 0) is 14.2 Å². The summed E-state index contributed by atoms with van der Waals surface area (Å²) in [5.74, 6) is 0.339. The molecular formula is C10H16N4O5. The number of urea groups is 2. The van der Waals surface area contributed by atoms with Gasteiger partial charge >= 0.3 is 12.1 Å². The van der Waals surface area contributed by atoms with Gasteiger partial charge in [0.05, 0.1) is 0 Å². The second-order valence-electron chi connectivity index (χ2n) is 4.03. The normalized spacial score (nSPS) is 22.4. The van der Waals surface area contributed by atoms with Crippen molar-refractivity contribution >= 4 is 17.9 Å². The molecule has 4 amide bonds. The van der Waals surface area contributed by atoms with E-state index in [1.54, 1.807) is 0 Å². The number of amidine groups is 1. The van der Waals surface area contributed by atoms with Crippen molar-refractivity contribution in [2.24, 2.45) is 4.99 Å². The summed E-state index contributed by atoms with van der Waals surface area (Å²) >= 11 is 0. The summed E-state index contributed by atoms with van der Waals surface area (Å²) in [6.45, 7) is 0.129. The molecule has 0 aliphatic carbocycles. The summed E-state index contributed by atoms with van der Waals surface area (Å²) in [5.41, 5.74) is 0. The van der Waals surface area contributed by atoms with Crippen molar-refractivity contribution in [1.29, 1.82) is 0 Å². The van der Waals surface area contributed by atoms with Crippen molar-refractivity contribution < 1.29 is 23.8 Å². The SMILES string of the molecule is COCN1C(=O)N(COC)C2C1=NC(=O)N2COC.